The summed E-state index contributed by atoms with van der Waals surface area (Å²) in [6.45, 7) is 0. The standard InChI is InChI=1S/C2H8N4S/c3-5-1-2(6-4)7-1/h1-2,5-6H,3-4H2. The van der Waals surface area contributed by atoms with Gasteiger partial charge in [-0.1, -0.05) is 0 Å². The van der Waals surface area contributed by atoms with E-state index in [0.717, 1.165) is 0 Å². The highest BCUT2D eigenvalue weighted by molar-refractivity contribution is 8.07. The van der Waals surface area contributed by atoms with Crippen LogP contribution in [0.25, 0.3) is 0 Å². The molecule has 0 aromatic carbocycles. The molecular formula is C2H8N4S. The predicted molar refractivity (Wildman–Crippen MR) is 29.8 cm³/mol. The van der Waals surface area contributed by atoms with Gasteiger partial charge in [0, 0.05) is 0 Å². The lowest BCUT2D eigenvalue weighted by molar-refractivity contribution is 0.641. The van der Waals surface area contributed by atoms with Gasteiger partial charge in [0.2, 0.25) is 0 Å². The number of nitrogens with one attached hydrogen (secondary N) is 2. The fourth-order valence-corrected chi connectivity index (χ4v) is 0.905. The van der Waals surface area contributed by atoms with Gasteiger partial charge in [-0.3, -0.25) is 11.7 Å². The smallest absolute Gasteiger partial charge is 0.0939 e. The average Bonchev–Trinajstić information content (AvgIpc) is 2.43. The molecule has 0 aromatic rings. The zero-order chi connectivity index (χ0) is 5.28. The number of thioether (sulfide) groups is 1. The van der Waals surface area contributed by atoms with Gasteiger partial charge in [-0.2, -0.15) is 0 Å². The van der Waals surface area contributed by atoms with Crippen molar-refractivity contribution in [1.82, 2.24) is 10.9 Å². The summed E-state index contributed by atoms with van der Waals surface area (Å²) in [5, 5.41) is 0.648. The van der Waals surface area contributed by atoms with Gasteiger partial charge in [-0.15, -0.1) is 11.8 Å². The van der Waals surface area contributed by atoms with Crippen LogP contribution >= 0.6 is 11.8 Å². The Morgan fingerprint density at radius 3 is 1.71 bits per heavy atom. The molecule has 4 nitrogen and oxygen atoms in total. The third-order valence-electron chi connectivity index (χ3n) is 0.820. The fourth-order valence-electron chi connectivity index (χ4n) is 0.366. The Hall–Kier alpha value is 0.190. The van der Waals surface area contributed by atoms with Crippen LogP contribution in [0, 0.1) is 0 Å². The second-order valence-corrected chi connectivity index (χ2v) is 2.60. The Kier molecular flexibility index (Phi) is 1.50. The van der Waals surface area contributed by atoms with Crippen LogP contribution in [0.15, 0.2) is 0 Å². The highest BCUT2D eigenvalue weighted by Gasteiger charge is 2.36. The molecule has 42 valence electrons. The van der Waals surface area contributed by atoms with E-state index in [9.17, 15) is 0 Å². The molecule has 1 fully saturated rings. The van der Waals surface area contributed by atoms with Gasteiger partial charge in [-0.05, 0) is 0 Å². The number of hydrogen-bond acceptors (Lipinski definition) is 5. The van der Waals surface area contributed by atoms with E-state index in [0.29, 0.717) is 10.7 Å². The van der Waals surface area contributed by atoms with Crippen LogP contribution in [0.5, 0.6) is 0 Å². The Balaban J connectivity index is 2.06. The summed E-state index contributed by atoms with van der Waals surface area (Å²) in [5.41, 5.74) is 5.12. The molecule has 0 spiro atoms. The van der Waals surface area contributed by atoms with Crippen molar-refractivity contribution in [3.8, 4) is 0 Å². The van der Waals surface area contributed by atoms with Crippen LogP contribution < -0.4 is 22.5 Å². The molecule has 7 heavy (non-hydrogen) atoms. The summed E-state index contributed by atoms with van der Waals surface area (Å²) in [4.78, 5) is 0. The first-order chi connectivity index (χ1) is 3.38. The minimum absolute atomic E-state index is 0.324. The number of rotatable bonds is 2. The molecule has 1 aliphatic rings. The minimum Gasteiger partial charge on any atom is -0.270 e. The van der Waals surface area contributed by atoms with Gasteiger partial charge in [0.1, 0.15) is 0 Å². The molecule has 0 amide bonds. The minimum atomic E-state index is 0.324. The van der Waals surface area contributed by atoms with Gasteiger partial charge in [0.25, 0.3) is 0 Å². The highest BCUT2D eigenvalue weighted by Crippen LogP contribution is 2.34. The number of hydrogen-bond donors (Lipinski definition) is 4. The second-order valence-electron chi connectivity index (χ2n) is 1.31. The molecule has 1 heterocycles. The van der Waals surface area contributed by atoms with E-state index in [4.69, 9.17) is 11.7 Å². The summed E-state index contributed by atoms with van der Waals surface area (Å²) in [6, 6.07) is 0. The Morgan fingerprint density at radius 1 is 1.14 bits per heavy atom. The molecular weight excluding hydrogens is 112 g/mol. The van der Waals surface area contributed by atoms with Crippen LogP contribution in [-0.4, -0.2) is 10.7 Å². The molecule has 0 aliphatic carbocycles. The molecule has 0 bridgehead atoms. The van der Waals surface area contributed by atoms with E-state index in [1.165, 1.54) is 0 Å². The van der Waals surface area contributed by atoms with E-state index in [1.807, 2.05) is 0 Å². The van der Waals surface area contributed by atoms with Crippen LogP contribution in [0.1, 0.15) is 0 Å². The maximum absolute atomic E-state index is 5.03. The molecule has 1 rings (SSSR count). The van der Waals surface area contributed by atoms with Crippen molar-refractivity contribution in [2.75, 3.05) is 0 Å². The summed E-state index contributed by atoms with van der Waals surface area (Å²) in [6.07, 6.45) is 0. The van der Waals surface area contributed by atoms with Crippen molar-refractivity contribution in [2.45, 2.75) is 10.7 Å². The Labute approximate surface area is 45.9 Å². The van der Waals surface area contributed by atoms with Gasteiger partial charge < -0.3 is 0 Å². The van der Waals surface area contributed by atoms with Crippen molar-refractivity contribution in [2.24, 2.45) is 11.7 Å². The summed E-state index contributed by atoms with van der Waals surface area (Å²) >= 11 is 1.66. The maximum atomic E-state index is 5.03. The maximum Gasteiger partial charge on any atom is 0.0939 e. The van der Waals surface area contributed by atoms with Crippen molar-refractivity contribution in [1.29, 1.82) is 0 Å². The van der Waals surface area contributed by atoms with Crippen LogP contribution in [0.2, 0.25) is 0 Å². The van der Waals surface area contributed by atoms with E-state index in [1.54, 1.807) is 11.8 Å². The first-order valence-electron chi connectivity index (χ1n) is 1.96. The quantitative estimate of drug-likeness (QED) is 0.199. The van der Waals surface area contributed by atoms with E-state index in [2.05, 4.69) is 10.9 Å². The lowest BCUT2D eigenvalue weighted by Crippen LogP contribution is -2.34. The molecule has 1 saturated heterocycles. The molecule has 0 aromatic heterocycles. The largest absolute Gasteiger partial charge is 0.270 e. The summed E-state index contributed by atoms with van der Waals surface area (Å²) < 4.78 is 0. The van der Waals surface area contributed by atoms with E-state index < -0.39 is 0 Å². The van der Waals surface area contributed by atoms with Crippen LogP contribution in [0.4, 0.5) is 0 Å². The van der Waals surface area contributed by atoms with Crippen molar-refractivity contribution < 1.29 is 0 Å². The topological polar surface area (TPSA) is 76.1 Å². The zero-order valence-electron chi connectivity index (χ0n) is 3.72. The van der Waals surface area contributed by atoms with E-state index in [-0.39, 0.29) is 0 Å². The summed E-state index contributed by atoms with van der Waals surface area (Å²) in [5.74, 6) is 10.1. The molecule has 5 heteroatoms. The SMILES string of the molecule is NNC1SC1NN. The zero-order valence-corrected chi connectivity index (χ0v) is 4.53. The number of nitrogens with two attached hydrogens (primary N) is 2. The monoisotopic (exact) mass is 120 g/mol. The van der Waals surface area contributed by atoms with Crippen LogP contribution in [0.3, 0.4) is 0 Å². The van der Waals surface area contributed by atoms with Gasteiger partial charge in [0.15, 0.2) is 0 Å². The lowest BCUT2D eigenvalue weighted by Gasteiger charge is -1.88. The second kappa shape index (κ2) is 1.97. The van der Waals surface area contributed by atoms with Crippen LogP contribution in [-0.2, 0) is 0 Å². The average molecular weight is 120 g/mol. The number of hydrazine groups is 2. The highest BCUT2D eigenvalue weighted by atomic mass is 32.2. The van der Waals surface area contributed by atoms with E-state index >= 15 is 0 Å². The Morgan fingerprint density at radius 2 is 1.57 bits per heavy atom. The third kappa shape index (κ3) is 1.05. The van der Waals surface area contributed by atoms with Gasteiger partial charge >= 0.3 is 0 Å². The molecule has 0 saturated carbocycles. The normalized spacial score (nSPS) is 38.6. The first kappa shape index (κ1) is 5.33. The van der Waals surface area contributed by atoms with Crippen molar-refractivity contribution in [3.63, 3.8) is 0 Å². The predicted octanol–water partition coefficient (Wildman–Crippen LogP) is -1.69. The van der Waals surface area contributed by atoms with Gasteiger partial charge in [-0.25, -0.2) is 10.9 Å². The van der Waals surface area contributed by atoms with Gasteiger partial charge in [0.05, 0.1) is 10.7 Å². The fraction of sp³-hybridized carbons (Fsp3) is 1.00. The van der Waals surface area contributed by atoms with Crippen molar-refractivity contribution >= 4 is 11.8 Å². The first-order valence-corrected chi connectivity index (χ1v) is 2.90. The third-order valence-corrected chi connectivity index (χ3v) is 1.91. The molecule has 2 atom stereocenters. The Bertz CT molecular complexity index is 58.7. The molecule has 0 radical (unpaired) electrons. The molecule has 6 N–H and O–H groups in total. The van der Waals surface area contributed by atoms with Crippen molar-refractivity contribution in [3.05, 3.63) is 0 Å². The lowest BCUT2D eigenvalue weighted by atomic mass is 10.7. The molecule has 1 aliphatic heterocycles. The summed E-state index contributed by atoms with van der Waals surface area (Å²) in [7, 11) is 0. The molecule has 2 unspecified atom stereocenters.